The van der Waals surface area contributed by atoms with Gasteiger partial charge in [-0.05, 0) is 34.1 Å². The van der Waals surface area contributed by atoms with Crippen molar-refractivity contribution in [3.05, 3.63) is 50.1 Å². The number of fused-ring (bicyclic) bond motifs is 1. The first kappa shape index (κ1) is 12.5. The molecule has 4 nitrogen and oxygen atoms in total. The number of ether oxygens (including phenoxy) is 1. The Morgan fingerprint density at radius 2 is 2.26 bits per heavy atom. The number of halogens is 2. The molecule has 0 spiro atoms. The summed E-state index contributed by atoms with van der Waals surface area (Å²) in [6.07, 6.45) is 0.616. The number of nitrogens with one attached hydrogen (secondary N) is 1. The summed E-state index contributed by atoms with van der Waals surface area (Å²) in [7, 11) is 0. The minimum atomic E-state index is -0.343. The van der Waals surface area contributed by atoms with Gasteiger partial charge in [0.15, 0.2) is 0 Å². The van der Waals surface area contributed by atoms with Gasteiger partial charge in [-0.15, -0.1) is 0 Å². The van der Waals surface area contributed by atoms with Crippen molar-refractivity contribution in [3.63, 3.8) is 0 Å². The maximum absolute atomic E-state index is 13.1. The van der Waals surface area contributed by atoms with Gasteiger partial charge >= 0.3 is 0 Å². The van der Waals surface area contributed by atoms with Crippen LogP contribution in [0.25, 0.3) is 11.4 Å². The van der Waals surface area contributed by atoms with Crippen molar-refractivity contribution < 1.29 is 9.13 Å². The number of aromatic amines is 1. The molecule has 3 rings (SSSR count). The van der Waals surface area contributed by atoms with Gasteiger partial charge in [0.05, 0.1) is 24.5 Å². The Hall–Kier alpha value is -1.53. The Balaban J connectivity index is 2.15. The first-order valence-corrected chi connectivity index (χ1v) is 6.59. The quantitative estimate of drug-likeness (QED) is 0.876. The summed E-state index contributed by atoms with van der Waals surface area (Å²) in [6.45, 7) is 0.857. The molecule has 1 aliphatic heterocycles. The summed E-state index contributed by atoms with van der Waals surface area (Å²) in [5.41, 5.74) is 1.79. The average Bonchev–Trinajstić information content (AvgIpc) is 2.38. The third-order valence-corrected chi connectivity index (χ3v) is 3.67. The summed E-state index contributed by atoms with van der Waals surface area (Å²) in [4.78, 5) is 19.1. The van der Waals surface area contributed by atoms with Gasteiger partial charge in [0, 0.05) is 16.5 Å². The molecule has 2 heterocycles. The standard InChI is InChI=1S/C13H10BrFN2O2/c14-10-5-7(15)1-2-8(10)12-16-11-3-4-19-6-9(11)13(18)17-12/h1-2,5H,3-4,6H2,(H,16,17,18). The monoisotopic (exact) mass is 324 g/mol. The van der Waals surface area contributed by atoms with Gasteiger partial charge in [-0.3, -0.25) is 4.79 Å². The zero-order valence-corrected chi connectivity index (χ0v) is 11.5. The van der Waals surface area contributed by atoms with E-state index in [1.54, 1.807) is 6.07 Å². The van der Waals surface area contributed by atoms with Crippen molar-refractivity contribution in [1.29, 1.82) is 0 Å². The number of aromatic nitrogens is 2. The molecule has 0 aliphatic carbocycles. The molecular weight excluding hydrogens is 315 g/mol. The van der Waals surface area contributed by atoms with Gasteiger partial charge in [-0.25, -0.2) is 9.37 Å². The normalized spacial score (nSPS) is 14.2. The van der Waals surface area contributed by atoms with Crippen LogP contribution in [0.4, 0.5) is 4.39 Å². The lowest BCUT2D eigenvalue weighted by Crippen LogP contribution is -2.24. The number of H-pyrrole nitrogens is 1. The van der Waals surface area contributed by atoms with Crippen LogP contribution in [0.15, 0.2) is 27.5 Å². The minimum Gasteiger partial charge on any atom is -0.376 e. The molecule has 0 unspecified atom stereocenters. The van der Waals surface area contributed by atoms with Gasteiger partial charge in [0.25, 0.3) is 5.56 Å². The highest BCUT2D eigenvalue weighted by Gasteiger charge is 2.17. The third kappa shape index (κ3) is 2.33. The average molecular weight is 325 g/mol. The molecule has 1 aromatic heterocycles. The predicted molar refractivity (Wildman–Crippen MR) is 71.3 cm³/mol. The van der Waals surface area contributed by atoms with E-state index in [0.29, 0.717) is 41.1 Å². The molecule has 1 N–H and O–H groups in total. The highest BCUT2D eigenvalue weighted by molar-refractivity contribution is 9.10. The van der Waals surface area contributed by atoms with Crippen molar-refractivity contribution >= 4 is 15.9 Å². The van der Waals surface area contributed by atoms with E-state index in [4.69, 9.17) is 4.74 Å². The molecule has 2 aromatic rings. The summed E-state index contributed by atoms with van der Waals surface area (Å²) in [5, 5.41) is 0. The molecule has 0 bridgehead atoms. The number of hydrogen-bond donors (Lipinski definition) is 1. The molecule has 0 amide bonds. The number of rotatable bonds is 1. The minimum absolute atomic E-state index is 0.198. The number of benzene rings is 1. The molecule has 6 heteroatoms. The second-order valence-corrected chi connectivity index (χ2v) is 5.12. The SMILES string of the molecule is O=c1[nH]c(-c2ccc(F)cc2Br)nc2c1COCC2. The Bertz CT molecular complexity index is 700. The van der Waals surface area contributed by atoms with E-state index in [2.05, 4.69) is 25.9 Å². The molecule has 98 valence electrons. The van der Waals surface area contributed by atoms with Crippen molar-refractivity contribution in [2.24, 2.45) is 0 Å². The van der Waals surface area contributed by atoms with Crippen LogP contribution in [0.3, 0.4) is 0 Å². The van der Waals surface area contributed by atoms with Crippen LogP contribution in [-0.2, 0) is 17.8 Å². The molecule has 0 saturated heterocycles. The molecule has 0 radical (unpaired) electrons. The van der Waals surface area contributed by atoms with Crippen LogP contribution >= 0.6 is 15.9 Å². The highest BCUT2D eigenvalue weighted by Crippen LogP contribution is 2.26. The van der Waals surface area contributed by atoms with Crippen molar-refractivity contribution in [1.82, 2.24) is 9.97 Å². The van der Waals surface area contributed by atoms with Crippen molar-refractivity contribution in [2.75, 3.05) is 6.61 Å². The van der Waals surface area contributed by atoms with Crippen LogP contribution in [-0.4, -0.2) is 16.6 Å². The van der Waals surface area contributed by atoms with Crippen LogP contribution in [0.1, 0.15) is 11.3 Å². The molecular formula is C13H10BrFN2O2. The van der Waals surface area contributed by atoms with Crippen molar-refractivity contribution in [2.45, 2.75) is 13.0 Å². The second kappa shape index (κ2) is 4.86. The fraction of sp³-hybridized carbons (Fsp3) is 0.231. The van der Waals surface area contributed by atoms with Gasteiger partial charge in [0.1, 0.15) is 11.6 Å². The van der Waals surface area contributed by atoms with Crippen LogP contribution in [0.2, 0.25) is 0 Å². The lowest BCUT2D eigenvalue weighted by atomic mass is 10.1. The summed E-state index contributed by atoms with van der Waals surface area (Å²) < 4.78 is 18.9. The zero-order chi connectivity index (χ0) is 13.4. The Labute approximate surface area is 116 Å². The fourth-order valence-corrected chi connectivity index (χ4v) is 2.59. The molecule has 0 fully saturated rings. The first-order valence-electron chi connectivity index (χ1n) is 5.80. The van der Waals surface area contributed by atoms with E-state index >= 15 is 0 Å². The van der Waals surface area contributed by atoms with E-state index < -0.39 is 0 Å². The molecule has 1 aliphatic rings. The Morgan fingerprint density at radius 3 is 3.05 bits per heavy atom. The lowest BCUT2D eigenvalue weighted by Gasteiger charge is -2.15. The predicted octanol–water partition coefficient (Wildman–Crippen LogP) is 2.41. The fourth-order valence-electron chi connectivity index (χ4n) is 2.05. The van der Waals surface area contributed by atoms with E-state index in [1.807, 2.05) is 0 Å². The maximum Gasteiger partial charge on any atom is 0.256 e. The van der Waals surface area contributed by atoms with Crippen LogP contribution in [0.5, 0.6) is 0 Å². The topological polar surface area (TPSA) is 55.0 Å². The largest absolute Gasteiger partial charge is 0.376 e. The van der Waals surface area contributed by atoms with Gasteiger partial charge in [0.2, 0.25) is 0 Å². The Morgan fingerprint density at radius 1 is 1.42 bits per heavy atom. The van der Waals surface area contributed by atoms with E-state index in [9.17, 15) is 9.18 Å². The molecule has 0 atom stereocenters. The first-order chi connectivity index (χ1) is 9.15. The summed E-state index contributed by atoms with van der Waals surface area (Å²) in [6, 6.07) is 4.27. The summed E-state index contributed by atoms with van der Waals surface area (Å²) in [5.74, 6) is 0.0989. The smallest absolute Gasteiger partial charge is 0.256 e. The second-order valence-electron chi connectivity index (χ2n) is 4.27. The summed E-state index contributed by atoms with van der Waals surface area (Å²) >= 11 is 3.28. The highest BCUT2D eigenvalue weighted by atomic mass is 79.9. The van der Waals surface area contributed by atoms with Gasteiger partial charge < -0.3 is 9.72 Å². The van der Waals surface area contributed by atoms with E-state index in [-0.39, 0.29) is 11.4 Å². The third-order valence-electron chi connectivity index (χ3n) is 3.02. The lowest BCUT2D eigenvalue weighted by molar-refractivity contribution is 0.108. The number of hydrogen-bond acceptors (Lipinski definition) is 3. The Kier molecular flexibility index (Phi) is 3.20. The van der Waals surface area contributed by atoms with Gasteiger partial charge in [-0.2, -0.15) is 0 Å². The van der Waals surface area contributed by atoms with Crippen LogP contribution < -0.4 is 5.56 Å². The molecule has 1 aromatic carbocycles. The molecule has 19 heavy (non-hydrogen) atoms. The number of nitrogens with zero attached hydrogens (tertiary/aromatic N) is 1. The van der Waals surface area contributed by atoms with Crippen LogP contribution in [0, 0.1) is 5.82 Å². The maximum atomic E-state index is 13.1. The van der Waals surface area contributed by atoms with Gasteiger partial charge in [-0.1, -0.05) is 0 Å². The van der Waals surface area contributed by atoms with E-state index in [1.165, 1.54) is 12.1 Å². The van der Waals surface area contributed by atoms with Crippen molar-refractivity contribution in [3.8, 4) is 11.4 Å². The molecule has 0 saturated carbocycles. The zero-order valence-electron chi connectivity index (χ0n) is 9.87. The van der Waals surface area contributed by atoms with E-state index in [0.717, 1.165) is 5.69 Å².